The molecule has 0 aliphatic carbocycles. The molecule has 0 bridgehead atoms. The molecule has 0 spiro atoms. The zero-order valence-electron chi connectivity index (χ0n) is 14.2. The molecule has 0 aliphatic heterocycles. The van der Waals surface area contributed by atoms with Crippen LogP contribution in [0.3, 0.4) is 0 Å². The zero-order chi connectivity index (χ0) is 15.9. The van der Waals surface area contributed by atoms with E-state index in [0.717, 1.165) is 30.0 Å². The van der Waals surface area contributed by atoms with Gasteiger partial charge < -0.3 is 19.5 Å². The predicted molar refractivity (Wildman–Crippen MR) is 86.2 cm³/mol. The lowest BCUT2D eigenvalue weighted by Gasteiger charge is -2.23. The SMILES string of the molecule is COCCC(C)Oc1cc(OC)ccc1CNC(C)(C)C. The van der Waals surface area contributed by atoms with Crippen LogP contribution in [0.15, 0.2) is 18.2 Å². The van der Waals surface area contributed by atoms with Gasteiger partial charge in [0.2, 0.25) is 0 Å². The van der Waals surface area contributed by atoms with Crippen LogP contribution in [0.1, 0.15) is 39.7 Å². The minimum atomic E-state index is 0.0683. The molecular weight excluding hydrogens is 266 g/mol. The summed E-state index contributed by atoms with van der Waals surface area (Å²) < 4.78 is 16.4. The minimum absolute atomic E-state index is 0.0683. The summed E-state index contributed by atoms with van der Waals surface area (Å²) in [6.45, 7) is 9.97. The van der Waals surface area contributed by atoms with Crippen LogP contribution in [0.5, 0.6) is 11.5 Å². The third-order valence-corrected chi connectivity index (χ3v) is 3.14. The van der Waals surface area contributed by atoms with E-state index < -0.39 is 0 Å². The van der Waals surface area contributed by atoms with Crippen LogP contribution in [-0.4, -0.2) is 32.5 Å². The third-order valence-electron chi connectivity index (χ3n) is 3.14. The van der Waals surface area contributed by atoms with Gasteiger partial charge in [0.15, 0.2) is 0 Å². The van der Waals surface area contributed by atoms with Crippen LogP contribution in [0.4, 0.5) is 0 Å². The average Bonchev–Trinajstić information content (AvgIpc) is 2.42. The summed E-state index contributed by atoms with van der Waals surface area (Å²) in [4.78, 5) is 0. The van der Waals surface area contributed by atoms with Crippen molar-refractivity contribution < 1.29 is 14.2 Å². The van der Waals surface area contributed by atoms with E-state index in [1.807, 2.05) is 12.1 Å². The molecule has 0 saturated heterocycles. The van der Waals surface area contributed by atoms with Crippen molar-refractivity contribution in [2.24, 2.45) is 0 Å². The molecule has 1 atom stereocenters. The molecule has 1 N–H and O–H groups in total. The van der Waals surface area contributed by atoms with Gasteiger partial charge in [-0.25, -0.2) is 0 Å². The summed E-state index contributed by atoms with van der Waals surface area (Å²) >= 11 is 0. The van der Waals surface area contributed by atoms with E-state index in [9.17, 15) is 0 Å². The zero-order valence-corrected chi connectivity index (χ0v) is 14.2. The standard InChI is InChI=1S/C17H29NO3/c1-13(9-10-19-5)21-16-11-15(20-6)8-7-14(16)12-18-17(2,3)4/h7-8,11,13,18H,9-10,12H2,1-6H3. The largest absolute Gasteiger partial charge is 0.497 e. The van der Waals surface area contributed by atoms with E-state index >= 15 is 0 Å². The first-order valence-corrected chi connectivity index (χ1v) is 7.43. The number of rotatable bonds is 8. The molecule has 4 nitrogen and oxygen atoms in total. The van der Waals surface area contributed by atoms with Gasteiger partial charge in [0.1, 0.15) is 11.5 Å². The quantitative estimate of drug-likeness (QED) is 0.798. The van der Waals surface area contributed by atoms with E-state index in [1.165, 1.54) is 0 Å². The van der Waals surface area contributed by atoms with Crippen LogP contribution in [0, 0.1) is 0 Å². The summed E-state index contributed by atoms with van der Waals surface area (Å²) in [5, 5.41) is 3.49. The van der Waals surface area contributed by atoms with Gasteiger partial charge >= 0.3 is 0 Å². The molecule has 0 heterocycles. The maximum atomic E-state index is 6.06. The highest BCUT2D eigenvalue weighted by Crippen LogP contribution is 2.26. The Hall–Kier alpha value is -1.26. The Morgan fingerprint density at radius 1 is 1.19 bits per heavy atom. The third kappa shape index (κ3) is 6.82. The highest BCUT2D eigenvalue weighted by Gasteiger charge is 2.13. The number of methoxy groups -OCH3 is 2. The monoisotopic (exact) mass is 295 g/mol. The maximum Gasteiger partial charge on any atom is 0.127 e. The Kier molecular flexibility index (Phi) is 6.99. The summed E-state index contributed by atoms with van der Waals surface area (Å²) in [7, 11) is 3.37. The Labute approximate surface area is 128 Å². The fourth-order valence-electron chi connectivity index (χ4n) is 1.84. The summed E-state index contributed by atoms with van der Waals surface area (Å²) in [6.07, 6.45) is 0.963. The highest BCUT2D eigenvalue weighted by atomic mass is 16.5. The highest BCUT2D eigenvalue weighted by molar-refractivity contribution is 5.41. The molecule has 0 aliphatic rings. The molecular formula is C17H29NO3. The van der Waals surface area contributed by atoms with Gasteiger partial charge in [-0.3, -0.25) is 0 Å². The second-order valence-electron chi connectivity index (χ2n) is 6.29. The van der Waals surface area contributed by atoms with Gasteiger partial charge in [-0.2, -0.15) is 0 Å². The molecule has 4 heteroatoms. The van der Waals surface area contributed by atoms with Gasteiger partial charge in [0.25, 0.3) is 0 Å². The molecule has 0 radical (unpaired) electrons. The Morgan fingerprint density at radius 2 is 1.90 bits per heavy atom. The van der Waals surface area contributed by atoms with Crippen LogP contribution in [-0.2, 0) is 11.3 Å². The van der Waals surface area contributed by atoms with Gasteiger partial charge in [-0.05, 0) is 33.8 Å². The lowest BCUT2D eigenvalue weighted by Crippen LogP contribution is -2.35. The Morgan fingerprint density at radius 3 is 2.48 bits per heavy atom. The second-order valence-corrected chi connectivity index (χ2v) is 6.29. The van der Waals surface area contributed by atoms with E-state index in [1.54, 1.807) is 14.2 Å². The lowest BCUT2D eigenvalue weighted by atomic mass is 10.1. The second kappa shape index (κ2) is 8.25. The number of hydrogen-bond acceptors (Lipinski definition) is 4. The van der Waals surface area contributed by atoms with Gasteiger partial charge in [-0.15, -0.1) is 0 Å². The summed E-state index contributed by atoms with van der Waals surface area (Å²) in [6, 6.07) is 5.96. The number of ether oxygens (including phenoxy) is 3. The molecule has 0 fully saturated rings. The molecule has 1 unspecified atom stereocenters. The van der Waals surface area contributed by atoms with Crippen molar-refractivity contribution in [1.29, 1.82) is 0 Å². The smallest absolute Gasteiger partial charge is 0.127 e. The minimum Gasteiger partial charge on any atom is -0.497 e. The van der Waals surface area contributed by atoms with Crippen molar-refractivity contribution in [3.8, 4) is 11.5 Å². The molecule has 1 aromatic carbocycles. The van der Waals surface area contributed by atoms with Crippen LogP contribution in [0.2, 0.25) is 0 Å². The molecule has 0 amide bonds. The van der Waals surface area contributed by atoms with Crippen molar-refractivity contribution in [2.45, 2.75) is 52.3 Å². The van der Waals surface area contributed by atoms with Crippen LogP contribution < -0.4 is 14.8 Å². The van der Waals surface area contributed by atoms with Crippen molar-refractivity contribution >= 4 is 0 Å². The molecule has 0 aromatic heterocycles. The molecule has 1 rings (SSSR count). The molecule has 0 saturated carbocycles. The maximum absolute atomic E-state index is 6.06. The molecule has 120 valence electrons. The Balaban J connectivity index is 2.81. The fraction of sp³-hybridized carbons (Fsp3) is 0.647. The average molecular weight is 295 g/mol. The summed E-state index contributed by atoms with van der Waals surface area (Å²) in [5.41, 5.74) is 1.20. The first kappa shape index (κ1) is 17.8. The van der Waals surface area contributed by atoms with E-state index in [0.29, 0.717) is 6.61 Å². The van der Waals surface area contributed by atoms with Crippen molar-refractivity contribution in [2.75, 3.05) is 20.8 Å². The van der Waals surface area contributed by atoms with Gasteiger partial charge in [0, 0.05) is 43.9 Å². The van der Waals surface area contributed by atoms with E-state index in [4.69, 9.17) is 14.2 Å². The van der Waals surface area contributed by atoms with Crippen LogP contribution >= 0.6 is 0 Å². The number of nitrogens with one attached hydrogen (secondary N) is 1. The van der Waals surface area contributed by atoms with E-state index in [-0.39, 0.29) is 11.6 Å². The first-order valence-electron chi connectivity index (χ1n) is 7.43. The number of hydrogen-bond donors (Lipinski definition) is 1. The predicted octanol–water partition coefficient (Wildman–Crippen LogP) is 3.39. The van der Waals surface area contributed by atoms with Gasteiger partial charge in [0.05, 0.1) is 13.2 Å². The molecule has 1 aromatic rings. The van der Waals surface area contributed by atoms with Crippen molar-refractivity contribution in [3.05, 3.63) is 23.8 Å². The van der Waals surface area contributed by atoms with E-state index in [2.05, 4.69) is 39.1 Å². The number of benzene rings is 1. The van der Waals surface area contributed by atoms with Crippen molar-refractivity contribution in [3.63, 3.8) is 0 Å². The normalized spacial score (nSPS) is 13.0. The Bertz CT molecular complexity index is 427. The topological polar surface area (TPSA) is 39.7 Å². The van der Waals surface area contributed by atoms with Crippen molar-refractivity contribution in [1.82, 2.24) is 5.32 Å². The van der Waals surface area contributed by atoms with Crippen LogP contribution in [0.25, 0.3) is 0 Å². The summed E-state index contributed by atoms with van der Waals surface area (Å²) in [5.74, 6) is 1.68. The lowest BCUT2D eigenvalue weighted by molar-refractivity contribution is 0.134. The van der Waals surface area contributed by atoms with Gasteiger partial charge in [-0.1, -0.05) is 6.07 Å². The molecule has 21 heavy (non-hydrogen) atoms. The fourth-order valence-corrected chi connectivity index (χ4v) is 1.84. The first-order chi connectivity index (χ1) is 9.85.